The van der Waals surface area contributed by atoms with Gasteiger partial charge in [-0.3, -0.25) is 33.6 Å². The highest BCUT2D eigenvalue weighted by atomic mass is 16.6. The summed E-state index contributed by atoms with van der Waals surface area (Å²) < 4.78 is 13.6. The Labute approximate surface area is 441 Å². The van der Waals surface area contributed by atoms with Gasteiger partial charge >= 0.3 is 0 Å². The maximum absolute atomic E-state index is 15.4. The van der Waals surface area contributed by atoms with Gasteiger partial charge in [-0.1, -0.05) is 102 Å². The van der Waals surface area contributed by atoms with Crippen molar-refractivity contribution in [1.29, 1.82) is 0 Å². The van der Waals surface area contributed by atoms with E-state index in [1.54, 1.807) is 82.4 Å². The Hall–Kier alpha value is -6.15. The third kappa shape index (κ3) is 14.2. The van der Waals surface area contributed by atoms with Crippen molar-refractivity contribution in [2.75, 3.05) is 34.4 Å². The Bertz CT molecular complexity index is 2540. The predicted molar refractivity (Wildman–Crippen MR) is 284 cm³/mol. The second kappa shape index (κ2) is 25.6. The lowest BCUT2D eigenvalue weighted by atomic mass is 9.94. The van der Waals surface area contributed by atoms with Crippen molar-refractivity contribution in [3.05, 3.63) is 83.6 Å². The average molecular weight is 1040 g/mol. The van der Waals surface area contributed by atoms with E-state index in [9.17, 15) is 34.2 Å². The Morgan fingerprint density at radius 2 is 1.25 bits per heavy atom. The second-order valence-electron chi connectivity index (χ2n) is 22.1. The molecular formula is C56H82N8O11. The van der Waals surface area contributed by atoms with E-state index < -0.39 is 119 Å². The number of epoxide rings is 1. The molecule has 5 rings (SSSR count). The molecular weight excluding hydrogens is 961 g/mol. The van der Waals surface area contributed by atoms with Crippen LogP contribution in [0.25, 0.3) is 10.9 Å². The third-order valence-corrected chi connectivity index (χ3v) is 14.5. The van der Waals surface area contributed by atoms with Gasteiger partial charge in [-0.2, -0.15) is 0 Å². The number of ether oxygens (including phenoxy) is 2. The highest BCUT2D eigenvalue weighted by Crippen LogP contribution is 2.38. The summed E-state index contributed by atoms with van der Waals surface area (Å²) in [4.78, 5) is 106. The standard InChI is InChI=1S/C56H82N8O11/c1-30(2)24-34(8)44-52(70)60-45(47(66)38-27-64(56(10,11)42-29-75-42)39-23-19-18-22-37(38)39)55(73)63(13)41(26-33(7)28-65)50(68)57-35(9)49(67)61-46(48(74-14)36-20-16-15-17-21-36)53(71)58-43(32(5)6)54(72)62(12)40(25-31(3)4)51(69)59-44/h15-24,27,31-35,40-48,65-66H,25-26,28-29H2,1-14H3,(H,57,68)(H,58,71)(H,59,69)(H,60,70)(H,61,67)/t33-,34-,35+,40+,41+,42+,43+,44+,45+,46+,47-,48-/m1/s1. The molecule has 0 saturated carbocycles. The lowest BCUT2D eigenvalue weighted by Crippen LogP contribution is -2.62. The van der Waals surface area contributed by atoms with Crippen LogP contribution in [-0.2, 0) is 48.6 Å². The molecule has 2 fully saturated rings. The van der Waals surface area contributed by atoms with Crippen LogP contribution in [-0.4, -0.2) is 149 Å². The molecule has 2 aliphatic rings. The van der Waals surface area contributed by atoms with Crippen molar-refractivity contribution in [3.63, 3.8) is 0 Å². The van der Waals surface area contributed by atoms with Gasteiger partial charge in [0.05, 0.1) is 12.1 Å². The quantitative estimate of drug-likeness (QED) is 0.0855. The Morgan fingerprint density at radius 1 is 0.733 bits per heavy atom. The van der Waals surface area contributed by atoms with E-state index in [-0.39, 0.29) is 37.0 Å². The van der Waals surface area contributed by atoms with Crippen molar-refractivity contribution in [2.24, 2.45) is 23.7 Å². The van der Waals surface area contributed by atoms with Crippen LogP contribution >= 0.6 is 0 Å². The minimum atomic E-state index is -1.81. The van der Waals surface area contributed by atoms with Crippen LogP contribution in [0.1, 0.15) is 112 Å². The van der Waals surface area contributed by atoms with Gasteiger partial charge in [-0.25, -0.2) is 0 Å². The summed E-state index contributed by atoms with van der Waals surface area (Å²) >= 11 is 0. The number of rotatable bonds is 15. The van der Waals surface area contributed by atoms with Gasteiger partial charge in [0.1, 0.15) is 60.6 Å². The van der Waals surface area contributed by atoms with E-state index in [4.69, 9.17) is 9.47 Å². The molecule has 0 spiro atoms. The molecule has 75 heavy (non-hydrogen) atoms. The van der Waals surface area contributed by atoms with Crippen LogP contribution in [0.4, 0.5) is 0 Å². The number of aromatic nitrogens is 1. The molecule has 0 aliphatic carbocycles. The van der Waals surface area contributed by atoms with Gasteiger partial charge in [-0.15, -0.1) is 0 Å². The summed E-state index contributed by atoms with van der Waals surface area (Å²) in [6.07, 6.45) is 0.516. The zero-order valence-corrected chi connectivity index (χ0v) is 46.2. The molecule has 19 nitrogen and oxygen atoms in total. The Morgan fingerprint density at radius 3 is 1.81 bits per heavy atom. The summed E-state index contributed by atoms with van der Waals surface area (Å²) in [5.41, 5.74) is 1.72. The SMILES string of the molecule is CO[C@H](c1ccccc1)[C@@H]1NC(=O)[C@H](C)NC(=O)[C@H](C[C@@H](C)CO)N(C)C(=O)[C@H]([C@H](O)c2cn(C(C)(C)[C@@H]3CO3)c3ccccc23)NC(=O)[C@H]([C@H](C)C=C(C)C)NC(=O)[C@H](CC(C)C)N(C)C(=O)[C@H](C(C)C)NC1=O. The molecule has 12 atom stereocenters. The third-order valence-electron chi connectivity index (χ3n) is 14.5. The van der Waals surface area contributed by atoms with Gasteiger partial charge in [0, 0.05) is 56.4 Å². The van der Waals surface area contributed by atoms with Crippen LogP contribution in [0, 0.1) is 23.7 Å². The number of hydrogen-bond donors (Lipinski definition) is 7. The fourth-order valence-electron chi connectivity index (χ4n) is 9.86. The highest BCUT2D eigenvalue weighted by molar-refractivity contribution is 5.99. The molecule has 3 heterocycles. The summed E-state index contributed by atoms with van der Waals surface area (Å²) in [6.45, 7) is 19.8. The summed E-state index contributed by atoms with van der Waals surface area (Å²) in [7, 11) is 4.16. The molecule has 2 aliphatic heterocycles. The number of carbonyl (C=O) groups excluding carboxylic acids is 7. The molecule has 19 heteroatoms. The minimum Gasteiger partial charge on any atom is -0.396 e. The van der Waals surface area contributed by atoms with Crippen molar-refractivity contribution < 1.29 is 53.2 Å². The summed E-state index contributed by atoms with van der Waals surface area (Å²) in [5, 5.41) is 37.7. The molecule has 3 aromatic rings. The van der Waals surface area contributed by atoms with Gasteiger partial charge in [-0.05, 0) is 76.8 Å². The Balaban J connectivity index is 1.73. The number of allylic oxidation sites excluding steroid dienone is 1. The first-order valence-electron chi connectivity index (χ1n) is 26.0. The highest BCUT2D eigenvalue weighted by Gasteiger charge is 2.45. The van der Waals surface area contributed by atoms with Crippen LogP contribution in [0.5, 0.6) is 0 Å². The molecule has 0 bridgehead atoms. The van der Waals surface area contributed by atoms with Gasteiger partial charge in [0.2, 0.25) is 41.4 Å². The summed E-state index contributed by atoms with van der Waals surface area (Å²) in [6, 6.07) is 6.13. The molecule has 412 valence electrons. The number of fused-ring (bicyclic) bond motifs is 1. The largest absolute Gasteiger partial charge is 0.396 e. The number of amides is 7. The van der Waals surface area contributed by atoms with E-state index in [1.165, 1.54) is 33.0 Å². The van der Waals surface area contributed by atoms with Crippen molar-refractivity contribution in [3.8, 4) is 0 Å². The van der Waals surface area contributed by atoms with E-state index in [0.717, 1.165) is 16.0 Å². The van der Waals surface area contributed by atoms with Crippen LogP contribution in [0.3, 0.4) is 0 Å². The maximum Gasteiger partial charge on any atom is 0.248 e. The first-order valence-corrected chi connectivity index (χ1v) is 26.0. The lowest BCUT2D eigenvalue weighted by Gasteiger charge is -2.36. The summed E-state index contributed by atoms with van der Waals surface area (Å²) in [5.74, 6) is -7.50. The number of likely N-dealkylation sites (N-methyl/N-ethyl adjacent to an activating group) is 2. The topological polar surface area (TPSA) is 253 Å². The molecule has 2 saturated heterocycles. The van der Waals surface area contributed by atoms with Crippen LogP contribution < -0.4 is 26.6 Å². The zero-order chi connectivity index (χ0) is 55.8. The van der Waals surface area contributed by atoms with Crippen molar-refractivity contribution >= 4 is 52.3 Å². The Kier molecular flexibility index (Phi) is 20.4. The molecule has 7 amide bonds. The first-order chi connectivity index (χ1) is 35.2. The number of para-hydroxylation sites is 1. The smallest absolute Gasteiger partial charge is 0.248 e. The number of aliphatic hydroxyl groups excluding tert-OH is 2. The monoisotopic (exact) mass is 1040 g/mol. The van der Waals surface area contributed by atoms with E-state index in [0.29, 0.717) is 17.6 Å². The van der Waals surface area contributed by atoms with Gasteiger partial charge in [0.25, 0.3) is 0 Å². The normalized spacial score (nSPS) is 25.9. The fourth-order valence-corrected chi connectivity index (χ4v) is 9.86. The van der Waals surface area contributed by atoms with Crippen LogP contribution in [0.15, 0.2) is 72.4 Å². The number of nitrogens with zero attached hydrogens (tertiary/aromatic N) is 3. The molecule has 0 unspecified atom stereocenters. The second-order valence-corrected chi connectivity index (χ2v) is 22.1. The zero-order valence-electron chi connectivity index (χ0n) is 46.2. The number of nitrogens with one attached hydrogen (secondary N) is 5. The fraction of sp³-hybridized carbons (Fsp3) is 0.589. The van der Waals surface area contributed by atoms with Crippen molar-refractivity contribution in [2.45, 2.75) is 155 Å². The average Bonchev–Trinajstić information content (AvgIpc) is 4.16. The number of hydrogen-bond acceptors (Lipinski definition) is 11. The molecule has 2 aromatic carbocycles. The lowest BCUT2D eigenvalue weighted by molar-refractivity contribution is -0.146. The van der Waals surface area contributed by atoms with Gasteiger partial charge in [0.15, 0.2) is 0 Å². The molecule has 7 N–H and O–H groups in total. The van der Waals surface area contributed by atoms with Crippen molar-refractivity contribution in [1.82, 2.24) is 41.0 Å². The van der Waals surface area contributed by atoms with E-state index >= 15 is 9.59 Å². The number of methoxy groups -OCH3 is 1. The van der Waals surface area contributed by atoms with E-state index in [1.807, 2.05) is 58.2 Å². The maximum atomic E-state index is 15.4. The van der Waals surface area contributed by atoms with Gasteiger partial charge < -0.3 is 60.6 Å². The molecule has 0 radical (unpaired) electrons. The minimum absolute atomic E-state index is 0.124. The first kappa shape index (κ1) is 59.7. The molecule has 1 aromatic heterocycles. The number of aliphatic hydroxyl groups is 2. The number of carbonyl (C=O) groups is 7. The predicted octanol–water partition coefficient (Wildman–Crippen LogP) is 3.63. The van der Waals surface area contributed by atoms with E-state index in [2.05, 4.69) is 26.6 Å². The van der Waals surface area contributed by atoms with Crippen LogP contribution in [0.2, 0.25) is 0 Å². The number of benzene rings is 2.